The SMILES string of the molecule is CC(C)CN(Cc1cc(C(=O)O)ccc1F)C(C)C. The van der Waals surface area contributed by atoms with Crippen molar-refractivity contribution in [1.29, 1.82) is 0 Å². The largest absolute Gasteiger partial charge is 0.478 e. The van der Waals surface area contributed by atoms with Crippen LogP contribution < -0.4 is 0 Å². The third-order valence-corrected chi connectivity index (χ3v) is 3.00. The molecule has 1 N–H and O–H groups in total. The van der Waals surface area contributed by atoms with E-state index in [9.17, 15) is 9.18 Å². The van der Waals surface area contributed by atoms with Gasteiger partial charge in [-0.05, 0) is 38.0 Å². The smallest absolute Gasteiger partial charge is 0.335 e. The molecule has 0 aliphatic heterocycles. The summed E-state index contributed by atoms with van der Waals surface area (Å²) in [6, 6.07) is 4.24. The Labute approximate surface area is 114 Å². The molecule has 19 heavy (non-hydrogen) atoms. The van der Waals surface area contributed by atoms with Crippen molar-refractivity contribution in [3.05, 3.63) is 35.1 Å². The number of halogens is 1. The van der Waals surface area contributed by atoms with E-state index in [2.05, 4.69) is 32.6 Å². The average Bonchev–Trinajstić information content (AvgIpc) is 2.29. The number of carbonyl (C=O) groups is 1. The van der Waals surface area contributed by atoms with Gasteiger partial charge in [0.15, 0.2) is 0 Å². The molecule has 0 aliphatic rings. The molecule has 0 saturated carbocycles. The summed E-state index contributed by atoms with van der Waals surface area (Å²) in [7, 11) is 0. The summed E-state index contributed by atoms with van der Waals surface area (Å²) >= 11 is 0. The van der Waals surface area contributed by atoms with Gasteiger partial charge in [0, 0.05) is 24.7 Å². The lowest BCUT2D eigenvalue weighted by Crippen LogP contribution is -2.34. The third kappa shape index (κ3) is 4.63. The average molecular weight is 267 g/mol. The minimum Gasteiger partial charge on any atom is -0.478 e. The van der Waals surface area contributed by atoms with Gasteiger partial charge in [0.1, 0.15) is 5.82 Å². The summed E-state index contributed by atoms with van der Waals surface area (Å²) in [5.74, 6) is -0.895. The topological polar surface area (TPSA) is 40.5 Å². The molecule has 3 nitrogen and oxygen atoms in total. The van der Waals surface area contributed by atoms with Gasteiger partial charge >= 0.3 is 5.97 Å². The van der Waals surface area contributed by atoms with Gasteiger partial charge in [-0.15, -0.1) is 0 Å². The predicted octanol–water partition coefficient (Wildman–Crippen LogP) is 3.39. The van der Waals surface area contributed by atoms with Crippen molar-refractivity contribution in [3.63, 3.8) is 0 Å². The molecule has 1 aromatic carbocycles. The van der Waals surface area contributed by atoms with E-state index in [4.69, 9.17) is 5.11 Å². The Morgan fingerprint density at radius 2 is 1.95 bits per heavy atom. The van der Waals surface area contributed by atoms with E-state index in [0.29, 0.717) is 18.0 Å². The number of nitrogens with zero attached hydrogens (tertiary/aromatic N) is 1. The molecular formula is C15H22FNO2. The Morgan fingerprint density at radius 3 is 2.42 bits per heavy atom. The molecule has 0 bridgehead atoms. The Bertz CT molecular complexity index is 444. The van der Waals surface area contributed by atoms with Crippen molar-refractivity contribution in [1.82, 2.24) is 4.90 Å². The van der Waals surface area contributed by atoms with Crippen LogP contribution in [0.4, 0.5) is 4.39 Å². The molecule has 0 amide bonds. The van der Waals surface area contributed by atoms with Crippen molar-refractivity contribution in [2.75, 3.05) is 6.54 Å². The van der Waals surface area contributed by atoms with Gasteiger partial charge in [-0.3, -0.25) is 4.90 Å². The number of carboxylic acids is 1. The summed E-state index contributed by atoms with van der Waals surface area (Å²) in [6.45, 7) is 9.62. The summed E-state index contributed by atoms with van der Waals surface area (Å²) in [6.07, 6.45) is 0. The number of aromatic carboxylic acids is 1. The van der Waals surface area contributed by atoms with Gasteiger partial charge in [0.2, 0.25) is 0 Å². The van der Waals surface area contributed by atoms with Crippen LogP contribution >= 0.6 is 0 Å². The zero-order valence-corrected chi connectivity index (χ0v) is 12.0. The second kappa shape index (κ2) is 6.66. The molecule has 0 aromatic heterocycles. The van der Waals surface area contributed by atoms with Gasteiger partial charge < -0.3 is 5.11 Å². The number of carboxylic acid groups (broad SMARTS) is 1. The molecule has 1 aromatic rings. The highest BCUT2D eigenvalue weighted by Gasteiger charge is 2.15. The van der Waals surface area contributed by atoms with Gasteiger partial charge in [0.25, 0.3) is 0 Å². The molecule has 4 heteroatoms. The maximum atomic E-state index is 13.8. The van der Waals surface area contributed by atoms with Crippen LogP contribution in [0.3, 0.4) is 0 Å². The van der Waals surface area contributed by atoms with Crippen LogP contribution in [-0.2, 0) is 6.54 Å². The summed E-state index contributed by atoms with van der Waals surface area (Å²) in [5, 5.41) is 8.95. The summed E-state index contributed by atoms with van der Waals surface area (Å²) in [5.41, 5.74) is 0.568. The number of hydrogen-bond donors (Lipinski definition) is 1. The van der Waals surface area contributed by atoms with E-state index in [1.54, 1.807) is 0 Å². The molecular weight excluding hydrogens is 245 g/mol. The molecule has 0 radical (unpaired) electrons. The molecule has 0 spiro atoms. The van der Waals surface area contributed by atoms with Crippen molar-refractivity contribution >= 4 is 5.97 Å². The van der Waals surface area contributed by atoms with Crippen molar-refractivity contribution in [3.8, 4) is 0 Å². The first-order valence-electron chi connectivity index (χ1n) is 6.57. The Hall–Kier alpha value is -1.42. The molecule has 0 fully saturated rings. The highest BCUT2D eigenvalue weighted by atomic mass is 19.1. The lowest BCUT2D eigenvalue weighted by atomic mass is 10.1. The van der Waals surface area contributed by atoms with Crippen LogP contribution in [0.1, 0.15) is 43.6 Å². The standard InChI is InChI=1S/C15H22FNO2/c1-10(2)8-17(11(3)4)9-13-7-12(15(18)19)5-6-14(13)16/h5-7,10-11H,8-9H2,1-4H3,(H,18,19). The van der Waals surface area contributed by atoms with E-state index < -0.39 is 5.97 Å². The van der Waals surface area contributed by atoms with E-state index in [-0.39, 0.29) is 17.4 Å². The lowest BCUT2D eigenvalue weighted by molar-refractivity contribution is 0.0696. The van der Waals surface area contributed by atoms with E-state index in [1.165, 1.54) is 18.2 Å². The maximum absolute atomic E-state index is 13.8. The molecule has 106 valence electrons. The molecule has 0 heterocycles. The fraction of sp³-hybridized carbons (Fsp3) is 0.533. The summed E-state index contributed by atoms with van der Waals surface area (Å²) in [4.78, 5) is 13.1. The Kier molecular flexibility index (Phi) is 5.48. The minimum absolute atomic E-state index is 0.129. The minimum atomic E-state index is -1.03. The first-order valence-corrected chi connectivity index (χ1v) is 6.57. The van der Waals surface area contributed by atoms with E-state index in [1.807, 2.05) is 0 Å². The molecule has 1 rings (SSSR count). The highest BCUT2D eigenvalue weighted by Crippen LogP contribution is 2.16. The van der Waals surface area contributed by atoms with Crippen LogP contribution in [0.15, 0.2) is 18.2 Å². The maximum Gasteiger partial charge on any atom is 0.335 e. The van der Waals surface area contributed by atoms with Crippen molar-refractivity contribution in [2.24, 2.45) is 5.92 Å². The van der Waals surface area contributed by atoms with Gasteiger partial charge in [-0.25, -0.2) is 9.18 Å². The number of rotatable bonds is 6. The fourth-order valence-corrected chi connectivity index (χ4v) is 1.97. The monoisotopic (exact) mass is 267 g/mol. The van der Waals surface area contributed by atoms with Crippen LogP contribution in [-0.4, -0.2) is 28.6 Å². The van der Waals surface area contributed by atoms with Crippen LogP contribution in [0.2, 0.25) is 0 Å². The molecule has 0 saturated heterocycles. The second-order valence-corrected chi connectivity index (χ2v) is 5.53. The second-order valence-electron chi connectivity index (χ2n) is 5.53. The lowest BCUT2D eigenvalue weighted by Gasteiger charge is -2.28. The number of hydrogen-bond acceptors (Lipinski definition) is 2. The normalized spacial score (nSPS) is 11.6. The van der Waals surface area contributed by atoms with Gasteiger partial charge in [-0.1, -0.05) is 13.8 Å². The van der Waals surface area contributed by atoms with Crippen molar-refractivity contribution in [2.45, 2.75) is 40.3 Å². The van der Waals surface area contributed by atoms with Crippen LogP contribution in [0.5, 0.6) is 0 Å². The molecule has 0 atom stereocenters. The zero-order chi connectivity index (χ0) is 14.6. The Morgan fingerprint density at radius 1 is 1.32 bits per heavy atom. The van der Waals surface area contributed by atoms with Gasteiger partial charge in [0.05, 0.1) is 5.56 Å². The third-order valence-electron chi connectivity index (χ3n) is 3.00. The van der Waals surface area contributed by atoms with Crippen molar-refractivity contribution < 1.29 is 14.3 Å². The van der Waals surface area contributed by atoms with Crippen LogP contribution in [0, 0.1) is 11.7 Å². The predicted molar refractivity (Wildman–Crippen MR) is 73.7 cm³/mol. The highest BCUT2D eigenvalue weighted by molar-refractivity contribution is 5.87. The van der Waals surface area contributed by atoms with E-state index in [0.717, 1.165) is 6.54 Å². The van der Waals surface area contributed by atoms with E-state index >= 15 is 0 Å². The quantitative estimate of drug-likeness (QED) is 0.859. The van der Waals surface area contributed by atoms with Gasteiger partial charge in [-0.2, -0.15) is 0 Å². The number of benzene rings is 1. The molecule has 0 aliphatic carbocycles. The first-order chi connectivity index (χ1) is 8.81. The molecule has 0 unspecified atom stereocenters. The zero-order valence-electron chi connectivity index (χ0n) is 12.0. The van der Waals surface area contributed by atoms with Crippen LogP contribution in [0.25, 0.3) is 0 Å². The fourth-order valence-electron chi connectivity index (χ4n) is 1.97. The Balaban J connectivity index is 2.95. The summed E-state index contributed by atoms with van der Waals surface area (Å²) < 4.78 is 13.8. The first kappa shape index (κ1) is 15.6.